The molecule has 1 atom stereocenters. The third-order valence-electron chi connectivity index (χ3n) is 2.90. The van der Waals surface area contributed by atoms with Crippen LogP contribution < -0.4 is 10.2 Å². The fourth-order valence-electron chi connectivity index (χ4n) is 1.92. The molecule has 0 spiro atoms. The van der Waals surface area contributed by atoms with Crippen molar-refractivity contribution in [1.29, 1.82) is 0 Å². The van der Waals surface area contributed by atoms with E-state index in [9.17, 15) is 4.39 Å². The van der Waals surface area contributed by atoms with Crippen LogP contribution in [0.4, 0.5) is 10.1 Å². The van der Waals surface area contributed by atoms with Gasteiger partial charge >= 0.3 is 0 Å². The highest BCUT2D eigenvalue weighted by Crippen LogP contribution is 2.16. The Kier molecular flexibility index (Phi) is 3.21. The standard InChI is InChI=1S/C12H17FN2/c1-10-6-8-15(9-7-14-10)12-4-2-11(13)3-5-12/h2-5,10,14H,6-9H2,1H3. The van der Waals surface area contributed by atoms with E-state index in [1.165, 1.54) is 12.1 Å². The molecule has 0 aromatic heterocycles. The molecule has 1 N–H and O–H groups in total. The van der Waals surface area contributed by atoms with E-state index >= 15 is 0 Å². The number of hydrogen-bond donors (Lipinski definition) is 1. The zero-order valence-electron chi connectivity index (χ0n) is 9.04. The molecule has 1 aromatic carbocycles. The summed E-state index contributed by atoms with van der Waals surface area (Å²) >= 11 is 0. The lowest BCUT2D eigenvalue weighted by atomic mass is 10.2. The van der Waals surface area contributed by atoms with E-state index in [1.807, 2.05) is 12.1 Å². The van der Waals surface area contributed by atoms with Crippen molar-refractivity contribution in [2.45, 2.75) is 19.4 Å². The highest BCUT2D eigenvalue weighted by Gasteiger charge is 2.12. The number of rotatable bonds is 1. The fourth-order valence-corrected chi connectivity index (χ4v) is 1.92. The van der Waals surface area contributed by atoms with Crippen molar-refractivity contribution in [2.24, 2.45) is 0 Å². The molecular weight excluding hydrogens is 191 g/mol. The van der Waals surface area contributed by atoms with Crippen LogP contribution >= 0.6 is 0 Å². The Morgan fingerprint density at radius 2 is 2.00 bits per heavy atom. The summed E-state index contributed by atoms with van der Waals surface area (Å²) < 4.78 is 12.8. The summed E-state index contributed by atoms with van der Waals surface area (Å²) in [6, 6.07) is 7.33. The van der Waals surface area contributed by atoms with Gasteiger partial charge in [-0.15, -0.1) is 0 Å². The maximum atomic E-state index is 12.8. The van der Waals surface area contributed by atoms with E-state index in [0.717, 1.165) is 31.7 Å². The summed E-state index contributed by atoms with van der Waals surface area (Å²) in [7, 11) is 0. The van der Waals surface area contributed by atoms with Crippen molar-refractivity contribution in [2.75, 3.05) is 24.5 Å². The largest absolute Gasteiger partial charge is 0.370 e. The zero-order valence-corrected chi connectivity index (χ0v) is 9.04. The molecule has 0 aliphatic carbocycles. The summed E-state index contributed by atoms with van der Waals surface area (Å²) in [4.78, 5) is 2.30. The lowest BCUT2D eigenvalue weighted by Crippen LogP contribution is -2.28. The van der Waals surface area contributed by atoms with Crippen LogP contribution in [0, 0.1) is 5.82 Å². The van der Waals surface area contributed by atoms with Gasteiger partial charge in [0.15, 0.2) is 0 Å². The molecule has 0 amide bonds. The minimum Gasteiger partial charge on any atom is -0.370 e. The molecular formula is C12H17FN2. The number of hydrogen-bond acceptors (Lipinski definition) is 2. The molecule has 0 radical (unpaired) electrons. The van der Waals surface area contributed by atoms with Crippen LogP contribution in [0.25, 0.3) is 0 Å². The van der Waals surface area contributed by atoms with Crippen LogP contribution in [-0.4, -0.2) is 25.7 Å². The maximum absolute atomic E-state index is 12.8. The highest BCUT2D eigenvalue weighted by molar-refractivity contribution is 5.46. The number of halogens is 1. The number of nitrogens with zero attached hydrogens (tertiary/aromatic N) is 1. The molecule has 1 unspecified atom stereocenters. The first-order valence-corrected chi connectivity index (χ1v) is 5.49. The van der Waals surface area contributed by atoms with E-state index in [4.69, 9.17) is 0 Å². The van der Waals surface area contributed by atoms with Crippen LogP contribution in [0.2, 0.25) is 0 Å². The zero-order chi connectivity index (χ0) is 10.7. The van der Waals surface area contributed by atoms with Crippen molar-refractivity contribution in [1.82, 2.24) is 5.32 Å². The molecule has 1 aliphatic heterocycles. The van der Waals surface area contributed by atoms with E-state index in [1.54, 1.807) is 0 Å². The van der Waals surface area contributed by atoms with Gasteiger partial charge in [-0.05, 0) is 37.6 Å². The Balaban J connectivity index is 2.06. The van der Waals surface area contributed by atoms with Crippen molar-refractivity contribution in [3.8, 4) is 0 Å². The molecule has 2 nitrogen and oxygen atoms in total. The summed E-state index contributed by atoms with van der Waals surface area (Å²) in [5, 5.41) is 3.44. The minimum atomic E-state index is -0.167. The van der Waals surface area contributed by atoms with E-state index in [0.29, 0.717) is 6.04 Å². The second kappa shape index (κ2) is 4.62. The van der Waals surface area contributed by atoms with Crippen molar-refractivity contribution < 1.29 is 4.39 Å². The molecule has 0 saturated carbocycles. The van der Waals surface area contributed by atoms with Crippen molar-refractivity contribution in [3.05, 3.63) is 30.1 Å². The Morgan fingerprint density at radius 1 is 1.27 bits per heavy atom. The lowest BCUT2D eigenvalue weighted by molar-refractivity contribution is 0.566. The molecule has 1 saturated heterocycles. The average Bonchev–Trinajstić information content (AvgIpc) is 2.44. The van der Waals surface area contributed by atoms with Gasteiger partial charge in [0, 0.05) is 31.4 Å². The van der Waals surface area contributed by atoms with Crippen LogP contribution in [0.3, 0.4) is 0 Å². The number of benzene rings is 1. The first-order chi connectivity index (χ1) is 7.25. The van der Waals surface area contributed by atoms with Crippen molar-refractivity contribution in [3.63, 3.8) is 0 Å². The second-order valence-electron chi connectivity index (χ2n) is 4.11. The molecule has 3 heteroatoms. The third-order valence-corrected chi connectivity index (χ3v) is 2.90. The van der Waals surface area contributed by atoms with Gasteiger partial charge in [-0.25, -0.2) is 4.39 Å². The quantitative estimate of drug-likeness (QED) is 0.759. The summed E-state index contributed by atoms with van der Waals surface area (Å²) in [6.45, 7) is 5.24. The second-order valence-corrected chi connectivity index (χ2v) is 4.11. The summed E-state index contributed by atoms with van der Waals surface area (Å²) in [5.41, 5.74) is 1.12. The number of nitrogens with one attached hydrogen (secondary N) is 1. The molecule has 2 rings (SSSR count). The van der Waals surface area contributed by atoms with Gasteiger partial charge in [-0.3, -0.25) is 0 Å². The first-order valence-electron chi connectivity index (χ1n) is 5.49. The Hall–Kier alpha value is -1.09. The van der Waals surface area contributed by atoms with Crippen molar-refractivity contribution >= 4 is 5.69 Å². The van der Waals surface area contributed by atoms with Gasteiger partial charge < -0.3 is 10.2 Å². The normalized spacial score (nSPS) is 22.5. The fraction of sp³-hybridized carbons (Fsp3) is 0.500. The maximum Gasteiger partial charge on any atom is 0.123 e. The smallest absolute Gasteiger partial charge is 0.123 e. The highest BCUT2D eigenvalue weighted by atomic mass is 19.1. The molecule has 1 aromatic rings. The van der Waals surface area contributed by atoms with Gasteiger partial charge in [-0.2, -0.15) is 0 Å². The predicted octanol–water partition coefficient (Wildman–Crippen LogP) is 2.01. The molecule has 0 bridgehead atoms. The summed E-state index contributed by atoms with van der Waals surface area (Å²) in [6.07, 6.45) is 1.14. The summed E-state index contributed by atoms with van der Waals surface area (Å²) in [5.74, 6) is -0.167. The Bertz CT molecular complexity index is 310. The van der Waals surface area contributed by atoms with Gasteiger partial charge in [0.1, 0.15) is 5.82 Å². The van der Waals surface area contributed by atoms with Crippen LogP contribution in [-0.2, 0) is 0 Å². The van der Waals surface area contributed by atoms with Gasteiger partial charge in [-0.1, -0.05) is 0 Å². The molecule has 1 aliphatic rings. The lowest BCUT2D eigenvalue weighted by Gasteiger charge is -2.22. The first kappa shape index (κ1) is 10.4. The number of anilines is 1. The molecule has 15 heavy (non-hydrogen) atoms. The topological polar surface area (TPSA) is 15.3 Å². The van der Waals surface area contributed by atoms with Crippen LogP contribution in [0.5, 0.6) is 0 Å². The third kappa shape index (κ3) is 2.69. The Morgan fingerprint density at radius 3 is 2.73 bits per heavy atom. The minimum absolute atomic E-state index is 0.167. The van der Waals surface area contributed by atoms with E-state index in [2.05, 4.69) is 17.1 Å². The van der Waals surface area contributed by atoms with Gasteiger partial charge in [0.2, 0.25) is 0 Å². The predicted molar refractivity (Wildman–Crippen MR) is 60.7 cm³/mol. The van der Waals surface area contributed by atoms with Crippen LogP contribution in [0.15, 0.2) is 24.3 Å². The van der Waals surface area contributed by atoms with Gasteiger partial charge in [0.25, 0.3) is 0 Å². The Labute approximate surface area is 90.1 Å². The average molecular weight is 208 g/mol. The molecule has 82 valence electrons. The SMILES string of the molecule is CC1CCN(c2ccc(F)cc2)CCN1. The molecule has 1 fully saturated rings. The van der Waals surface area contributed by atoms with E-state index < -0.39 is 0 Å². The van der Waals surface area contributed by atoms with Crippen LogP contribution in [0.1, 0.15) is 13.3 Å². The monoisotopic (exact) mass is 208 g/mol. The van der Waals surface area contributed by atoms with Gasteiger partial charge in [0.05, 0.1) is 0 Å². The van der Waals surface area contributed by atoms with E-state index in [-0.39, 0.29) is 5.82 Å². The molecule has 1 heterocycles.